The Bertz CT molecular complexity index is 602. The molecule has 1 aliphatic carbocycles. The quantitative estimate of drug-likeness (QED) is 0.867. The Morgan fingerprint density at radius 2 is 2.16 bits per heavy atom. The summed E-state index contributed by atoms with van der Waals surface area (Å²) in [5.41, 5.74) is 0.198. The smallest absolute Gasteiger partial charge is 0.262 e. The molecular weight excluding hydrogens is 306 g/mol. The van der Waals surface area contributed by atoms with Gasteiger partial charge in [0.2, 0.25) is 0 Å². The average Bonchev–Trinajstić information content (AvgIpc) is 2.65. The van der Waals surface area contributed by atoms with Crippen molar-refractivity contribution in [3.05, 3.63) is 15.8 Å². The summed E-state index contributed by atoms with van der Waals surface area (Å²) in [5.74, 6) is -0.229. The molecule has 1 aliphatic rings. The van der Waals surface area contributed by atoms with Crippen molar-refractivity contribution in [1.29, 1.82) is 0 Å². The van der Waals surface area contributed by atoms with Gasteiger partial charge in [-0.1, -0.05) is 13.3 Å². The maximum atomic E-state index is 12.0. The van der Waals surface area contributed by atoms with Crippen LogP contribution in [0.15, 0.2) is 11.0 Å². The van der Waals surface area contributed by atoms with E-state index in [0.29, 0.717) is 16.3 Å². The van der Waals surface area contributed by atoms with Gasteiger partial charge in [-0.3, -0.25) is 4.79 Å². The largest absolute Gasteiger partial charge is 0.351 e. The molecule has 0 unspecified atom stereocenters. The van der Waals surface area contributed by atoms with Crippen LogP contribution < -0.4 is 5.32 Å². The zero-order chi connectivity index (χ0) is 14.3. The Kier molecular flexibility index (Phi) is 3.95. The van der Waals surface area contributed by atoms with Crippen LogP contribution in [0, 0.1) is 12.3 Å². The summed E-state index contributed by atoms with van der Waals surface area (Å²) in [4.78, 5) is 12.9. The highest BCUT2D eigenvalue weighted by atomic mass is 35.7. The van der Waals surface area contributed by atoms with Crippen molar-refractivity contribution in [2.24, 2.45) is 5.41 Å². The molecular formula is C12H16ClNO3S2. The van der Waals surface area contributed by atoms with E-state index in [0.717, 1.165) is 24.2 Å². The van der Waals surface area contributed by atoms with Gasteiger partial charge in [0.05, 0.1) is 9.77 Å². The molecule has 0 radical (unpaired) electrons. The van der Waals surface area contributed by atoms with Gasteiger partial charge in [0, 0.05) is 22.1 Å². The van der Waals surface area contributed by atoms with Crippen molar-refractivity contribution in [2.45, 2.75) is 38.0 Å². The molecule has 0 aliphatic heterocycles. The number of carbonyl (C=O) groups is 1. The van der Waals surface area contributed by atoms with Crippen molar-refractivity contribution >= 4 is 37.0 Å². The third-order valence-electron chi connectivity index (χ3n) is 3.60. The van der Waals surface area contributed by atoms with Crippen molar-refractivity contribution in [3.8, 4) is 0 Å². The summed E-state index contributed by atoms with van der Waals surface area (Å²) in [6.07, 6.45) is 3.45. The number of aryl methyl sites for hydroxylation is 1. The van der Waals surface area contributed by atoms with Crippen LogP contribution in [0.25, 0.3) is 0 Å². The third kappa shape index (κ3) is 3.30. The molecule has 7 heteroatoms. The zero-order valence-electron chi connectivity index (χ0n) is 10.8. The molecule has 1 amide bonds. The molecule has 0 aromatic carbocycles. The maximum absolute atomic E-state index is 12.0. The molecule has 1 N–H and O–H groups in total. The predicted molar refractivity (Wildman–Crippen MR) is 76.4 cm³/mol. The van der Waals surface area contributed by atoms with Gasteiger partial charge in [-0.15, -0.1) is 11.3 Å². The SMILES string of the molecule is Cc1sc(C(=O)NCC2(C)CCC2)cc1S(=O)(=O)Cl. The lowest BCUT2D eigenvalue weighted by atomic mass is 9.70. The monoisotopic (exact) mass is 321 g/mol. The van der Waals surface area contributed by atoms with Crippen LogP contribution in [0.4, 0.5) is 0 Å². The van der Waals surface area contributed by atoms with E-state index in [1.807, 2.05) is 0 Å². The van der Waals surface area contributed by atoms with Crippen LogP contribution in [0.1, 0.15) is 40.7 Å². The second-order valence-corrected chi connectivity index (χ2v) is 9.11. The molecule has 1 saturated carbocycles. The molecule has 0 saturated heterocycles. The first-order chi connectivity index (χ1) is 8.71. The predicted octanol–water partition coefficient (Wildman–Crippen LogP) is 2.90. The first kappa shape index (κ1) is 14.8. The molecule has 1 aromatic rings. The second kappa shape index (κ2) is 5.07. The van der Waals surface area contributed by atoms with E-state index in [1.165, 1.54) is 12.5 Å². The molecule has 1 aromatic heterocycles. The van der Waals surface area contributed by atoms with E-state index in [4.69, 9.17) is 10.7 Å². The Morgan fingerprint density at radius 1 is 1.53 bits per heavy atom. The highest BCUT2D eigenvalue weighted by molar-refractivity contribution is 8.13. The fraction of sp³-hybridized carbons (Fsp3) is 0.583. The summed E-state index contributed by atoms with van der Waals surface area (Å²) in [5, 5.41) is 2.87. The topological polar surface area (TPSA) is 63.2 Å². The highest BCUT2D eigenvalue weighted by Gasteiger charge is 2.32. The van der Waals surface area contributed by atoms with Crippen LogP contribution in [0.5, 0.6) is 0 Å². The van der Waals surface area contributed by atoms with Crippen LogP contribution in [-0.2, 0) is 9.05 Å². The Morgan fingerprint density at radius 3 is 2.58 bits per heavy atom. The summed E-state index contributed by atoms with van der Waals surface area (Å²) in [7, 11) is 1.53. The first-order valence-electron chi connectivity index (χ1n) is 6.05. The minimum absolute atomic E-state index is 0.0270. The number of carbonyl (C=O) groups excluding carboxylic acids is 1. The van der Waals surface area contributed by atoms with Crippen LogP contribution in [0.3, 0.4) is 0 Å². The number of nitrogens with one attached hydrogen (secondary N) is 1. The number of hydrogen-bond acceptors (Lipinski definition) is 4. The normalized spacial score (nSPS) is 17.8. The summed E-state index contributed by atoms with van der Waals surface area (Å²) in [6, 6.07) is 1.35. The van der Waals surface area contributed by atoms with Gasteiger partial charge in [-0.25, -0.2) is 8.42 Å². The van der Waals surface area contributed by atoms with E-state index >= 15 is 0 Å². The van der Waals surface area contributed by atoms with Crippen molar-refractivity contribution in [3.63, 3.8) is 0 Å². The van der Waals surface area contributed by atoms with Gasteiger partial charge in [0.15, 0.2) is 0 Å². The van der Waals surface area contributed by atoms with E-state index in [-0.39, 0.29) is 16.2 Å². The highest BCUT2D eigenvalue weighted by Crippen LogP contribution is 2.39. The van der Waals surface area contributed by atoms with Gasteiger partial charge in [-0.05, 0) is 31.2 Å². The Labute approximate surface area is 121 Å². The summed E-state index contributed by atoms with van der Waals surface area (Å²) < 4.78 is 22.6. The van der Waals surface area contributed by atoms with Gasteiger partial charge >= 0.3 is 0 Å². The number of halogens is 1. The van der Waals surface area contributed by atoms with Gasteiger partial charge in [0.1, 0.15) is 0 Å². The molecule has 106 valence electrons. The zero-order valence-corrected chi connectivity index (χ0v) is 13.2. The lowest BCUT2D eigenvalue weighted by molar-refractivity contribution is 0.0894. The van der Waals surface area contributed by atoms with Crippen LogP contribution >= 0.6 is 22.0 Å². The van der Waals surface area contributed by atoms with Gasteiger partial charge < -0.3 is 5.32 Å². The number of thiophene rings is 1. The first-order valence-corrected chi connectivity index (χ1v) is 9.17. The van der Waals surface area contributed by atoms with E-state index in [9.17, 15) is 13.2 Å². The minimum Gasteiger partial charge on any atom is -0.351 e. The van der Waals surface area contributed by atoms with Crippen LogP contribution in [-0.4, -0.2) is 20.9 Å². The van der Waals surface area contributed by atoms with Crippen LogP contribution in [0.2, 0.25) is 0 Å². The molecule has 4 nitrogen and oxygen atoms in total. The number of hydrogen-bond donors (Lipinski definition) is 1. The van der Waals surface area contributed by atoms with E-state index in [1.54, 1.807) is 6.92 Å². The van der Waals surface area contributed by atoms with E-state index < -0.39 is 9.05 Å². The summed E-state index contributed by atoms with van der Waals surface area (Å²) in [6.45, 7) is 4.42. The molecule has 1 heterocycles. The van der Waals surface area contributed by atoms with Gasteiger partial charge in [-0.2, -0.15) is 0 Å². The molecule has 2 rings (SSSR count). The fourth-order valence-corrected chi connectivity index (χ4v) is 4.74. The minimum atomic E-state index is -3.78. The Balaban J connectivity index is 2.08. The second-order valence-electron chi connectivity index (χ2n) is 5.32. The standard InChI is InChI=1S/C12H16ClNO3S2/c1-8-10(19(13,16)17)6-9(18-8)11(15)14-7-12(2)4-3-5-12/h6H,3-5,7H2,1-2H3,(H,14,15). The molecule has 0 atom stereocenters. The average molecular weight is 322 g/mol. The molecule has 1 fully saturated rings. The van der Waals surface area contributed by atoms with Gasteiger partial charge in [0.25, 0.3) is 15.0 Å². The Hall–Kier alpha value is -0.590. The van der Waals surface area contributed by atoms with Crippen molar-refractivity contribution < 1.29 is 13.2 Å². The maximum Gasteiger partial charge on any atom is 0.262 e. The van der Waals surface area contributed by atoms with Crippen molar-refractivity contribution in [2.75, 3.05) is 6.54 Å². The fourth-order valence-electron chi connectivity index (χ4n) is 2.16. The number of rotatable bonds is 4. The third-order valence-corrected chi connectivity index (χ3v) is 6.22. The molecule has 0 bridgehead atoms. The van der Waals surface area contributed by atoms with E-state index in [2.05, 4.69) is 12.2 Å². The summed E-state index contributed by atoms with van der Waals surface area (Å²) >= 11 is 1.15. The number of amides is 1. The lowest BCUT2D eigenvalue weighted by Crippen LogP contribution is -2.39. The lowest BCUT2D eigenvalue weighted by Gasteiger charge is -2.38. The molecule has 19 heavy (non-hydrogen) atoms. The molecule has 0 spiro atoms. The van der Waals surface area contributed by atoms with Crippen molar-refractivity contribution in [1.82, 2.24) is 5.32 Å².